The van der Waals surface area contributed by atoms with Gasteiger partial charge in [-0.3, -0.25) is 0 Å². The van der Waals surface area contributed by atoms with Crippen molar-refractivity contribution >= 4 is 10.0 Å². The summed E-state index contributed by atoms with van der Waals surface area (Å²) in [4.78, 5) is 0. The maximum atomic E-state index is 11.1. The lowest BCUT2D eigenvalue weighted by Crippen LogP contribution is -2.29. The number of hydrogen-bond acceptors (Lipinski definition) is 4. The molecule has 0 aliphatic heterocycles. The highest BCUT2D eigenvalue weighted by Crippen LogP contribution is 2.06. The molecule has 0 heterocycles. The van der Waals surface area contributed by atoms with E-state index in [9.17, 15) is 8.42 Å². The minimum absolute atomic E-state index is 0.0260. The maximum absolute atomic E-state index is 11.1. The molecule has 0 aliphatic rings. The molecule has 0 saturated heterocycles. The Balaban J connectivity index is 2.45. The van der Waals surface area contributed by atoms with Crippen LogP contribution in [-0.4, -0.2) is 27.8 Å². The van der Waals surface area contributed by atoms with Crippen LogP contribution in [0.4, 0.5) is 0 Å². The Morgan fingerprint density at radius 3 is 2.71 bits per heavy atom. The third-order valence-corrected chi connectivity index (χ3v) is 3.68. The monoisotopic (exact) mass is 253 g/mol. The number of rotatable bonds is 6. The van der Waals surface area contributed by atoms with Gasteiger partial charge in [-0.25, -0.2) is 13.1 Å². The summed E-state index contributed by atoms with van der Waals surface area (Å²) in [6.45, 7) is 0.839. The van der Waals surface area contributed by atoms with Crippen molar-refractivity contribution in [2.24, 2.45) is 0 Å². The molecule has 1 rings (SSSR count). The highest BCUT2D eigenvalue weighted by molar-refractivity contribution is 7.89. The van der Waals surface area contributed by atoms with E-state index in [4.69, 9.17) is 5.26 Å². The van der Waals surface area contributed by atoms with Gasteiger partial charge in [0.2, 0.25) is 10.0 Å². The molecule has 0 fully saturated rings. The lowest BCUT2D eigenvalue weighted by Gasteiger charge is -2.06. The molecule has 1 aromatic carbocycles. The molecule has 0 amide bonds. The Hall–Kier alpha value is -1.42. The van der Waals surface area contributed by atoms with Crippen LogP contribution in [0, 0.1) is 11.3 Å². The van der Waals surface area contributed by atoms with Gasteiger partial charge in [-0.2, -0.15) is 5.26 Å². The Bertz CT molecular complexity index is 506. The fraction of sp³-hybridized carbons (Fsp3) is 0.364. The molecular weight excluding hydrogens is 238 g/mol. The molecule has 92 valence electrons. The first-order valence-corrected chi connectivity index (χ1v) is 6.84. The number of nitriles is 1. The molecule has 2 N–H and O–H groups in total. The van der Waals surface area contributed by atoms with Crippen LogP contribution in [0.1, 0.15) is 11.1 Å². The zero-order valence-electron chi connectivity index (χ0n) is 9.60. The predicted octanol–water partition coefficient (Wildman–Crippen LogP) is 0.197. The van der Waals surface area contributed by atoms with E-state index in [0.717, 1.165) is 5.56 Å². The van der Waals surface area contributed by atoms with Crippen molar-refractivity contribution < 1.29 is 8.42 Å². The van der Waals surface area contributed by atoms with E-state index in [1.165, 1.54) is 7.05 Å². The average molecular weight is 253 g/mol. The molecule has 0 aromatic heterocycles. The first kappa shape index (κ1) is 13.6. The quantitative estimate of drug-likeness (QED) is 0.709. The van der Waals surface area contributed by atoms with E-state index in [-0.39, 0.29) is 5.75 Å². The van der Waals surface area contributed by atoms with Crippen molar-refractivity contribution in [2.45, 2.75) is 6.54 Å². The van der Waals surface area contributed by atoms with Crippen molar-refractivity contribution in [3.63, 3.8) is 0 Å². The van der Waals surface area contributed by atoms with Gasteiger partial charge in [0.25, 0.3) is 0 Å². The number of benzene rings is 1. The molecule has 0 aliphatic carbocycles. The van der Waals surface area contributed by atoms with Crippen LogP contribution in [0.2, 0.25) is 0 Å². The summed E-state index contributed by atoms with van der Waals surface area (Å²) in [5.41, 5.74) is 1.48. The molecule has 6 heteroatoms. The fourth-order valence-electron chi connectivity index (χ4n) is 1.32. The van der Waals surface area contributed by atoms with Gasteiger partial charge in [-0.05, 0) is 18.7 Å². The van der Waals surface area contributed by atoms with E-state index >= 15 is 0 Å². The van der Waals surface area contributed by atoms with Gasteiger partial charge in [0.15, 0.2) is 0 Å². The zero-order chi connectivity index (χ0) is 12.7. The Labute approximate surface area is 102 Å². The minimum atomic E-state index is -3.17. The molecule has 0 spiro atoms. The molecular formula is C11H15N3O2S. The molecule has 0 bridgehead atoms. The summed E-state index contributed by atoms with van der Waals surface area (Å²) < 4.78 is 24.5. The van der Waals surface area contributed by atoms with Crippen molar-refractivity contribution in [3.8, 4) is 6.07 Å². The summed E-state index contributed by atoms with van der Waals surface area (Å²) in [6, 6.07) is 9.32. The van der Waals surface area contributed by atoms with Gasteiger partial charge in [0.1, 0.15) is 0 Å². The van der Waals surface area contributed by atoms with Crippen LogP contribution in [-0.2, 0) is 16.6 Å². The van der Waals surface area contributed by atoms with Gasteiger partial charge in [0, 0.05) is 13.1 Å². The van der Waals surface area contributed by atoms with Crippen LogP contribution in [0.3, 0.4) is 0 Å². The van der Waals surface area contributed by atoms with E-state index in [0.29, 0.717) is 18.7 Å². The van der Waals surface area contributed by atoms with Gasteiger partial charge in [-0.15, -0.1) is 0 Å². The molecule has 0 atom stereocenters. The average Bonchev–Trinajstić information content (AvgIpc) is 2.35. The van der Waals surface area contributed by atoms with Crippen molar-refractivity contribution in [1.82, 2.24) is 10.0 Å². The summed E-state index contributed by atoms with van der Waals surface area (Å²) >= 11 is 0. The number of sulfonamides is 1. The van der Waals surface area contributed by atoms with Gasteiger partial charge in [0.05, 0.1) is 17.4 Å². The maximum Gasteiger partial charge on any atom is 0.212 e. The van der Waals surface area contributed by atoms with Crippen LogP contribution < -0.4 is 10.0 Å². The SMILES string of the molecule is CNS(=O)(=O)CCNCc1ccccc1C#N. The van der Waals surface area contributed by atoms with E-state index in [1.807, 2.05) is 12.1 Å². The molecule has 1 aromatic rings. The predicted molar refractivity (Wildman–Crippen MR) is 65.7 cm³/mol. The number of nitrogens with zero attached hydrogens (tertiary/aromatic N) is 1. The van der Waals surface area contributed by atoms with Gasteiger partial charge in [-0.1, -0.05) is 18.2 Å². The van der Waals surface area contributed by atoms with Gasteiger partial charge >= 0.3 is 0 Å². The molecule has 5 nitrogen and oxygen atoms in total. The van der Waals surface area contributed by atoms with E-state index in [1.54, 1.807) is 12.1 Å². The lowest BCUT2D eigenvalue weighted by atomic mass is 10.1. The summed E-state index contributed by atoms with van der Waals surface area (Å²) in [7, 11) is -1.78. The molecule has 0 radical (unpaired) electrons. The fourth-order valence-corrected chi connectivity index (χ4v) is 1.93. The Morgan fingerprint density at radius 1 is 1.35 bits per heavy atom. The van der Waals surface area contributed by atoms with Crippen LogP contribution >= 0.6 is 0 Å². The third kappa shape index (κ3) is 4.53. The largest absolute Gasteiger partial charge is 0.312 e. The second-order valence-corrected chi connectivity index (χ2v) is 5.51. The second-order valence-electron chi connectivity index (χ2n) is 3.47. The minimum Gasteiger partial charge on any atom is -0.312 e. The number of hydrogen-bond donors (Lipinski definition) is 2. The number of nitrogens with one attached hydrogen (secondary N) is 2. The first-order chi connectivity index (χ1) is 8.09. The van der Waals surface area contributed by atoms with Crippen LogP contribution in [0.15, 0.2) is 24.3 Å². The van der Waals surface area contributed by atoms with Gasteiger partial charge < -0.3 is 5.32 Å². The summed E-state index contributed by atoms with van der Waals surface area (Å²) in [5, 5.41) is 11.9. The Morgan fingerprint density at radius 2 is 2.06 bits per heavy atom. The lowest BCUT2D eigenvalue weighted by molar-refractivity contribution is 0.583. The zero-order valence-corrected chi connectivity index (χ0v) is 10.4. The van der Waals surface area contributed by atoms with E-state index < -0.39 is 10.0 Å². The highest BCUT2D eigenvalue weighted by Gasteiger charge is 2.06. The van der Waals surface area contributed by atoms with Crippen molar-refractivity contribution in [3.05, 3.63) is 35.4 Å². The Kier molecular flexibility index (Phi) is 5.10. The second kappa shape index (κ2) is 6.35. The normalized spacial score (nSPS) is 11.1. The standard InChI is InChI=1S/C11H15N3O2S/c1-13-17(15,16)7-6-14-9-11-5-3-2-4-10(11)8-12/h2-5,13-14H,6-7,9H2,1H3. The van der Waals surface area contributed by atoms with E-state index in [2.05, 4.69) is 16.1 Å². The smallest absolute Gasteiger partial charge is 0.212 e. The summed E-state index contributed by atoms with van der Waals surface area (Å²) in [6.07, 6.45) is 0. The first-order valence-electron chi connectivity index (χ1n) is 5.19. The van der Waals surface area contributed by atoms with Crippen LogP contribution in [0.25, 0.3) is 0 Å². The molecule has 17 heavy (non-hydrogen) atoms. The van der Waals surface area contributed by atoms with Crippen LogP contribution in [0.5, 0.6) is 0 Å². The molecule has 0 unspecified atom stereocenters. The molecule has 0 saturated carbocycles. The highest BCUT2D eigenvalue weighted by atomic mass is 32.2. The third-order valence-electron chi connectivity index (χ3n) is 2.31. The van der Waals surface area contributed by atoms with Crippen molar-refractivity contribution in [1.29, 1.82) is 5.26 Å². The van der Waals surface area contributed by atoms with Crippen molar-refractivity contribution in [2.75, 3.05) is 19.3 Å². The summed E-state index contributed by atoms with van der Waals surface area (Å²) in [5.74, 6) is 0.0260. The topological polar surface area (TPSA) is 82.0 Å².